The molecule has 1 saturated heterocycles. The minimum absolute atomic E-state index is 0.0509. The molecule has 70 valence electrons. The van der Waals surface area contributed by atoms with E-state index in [0.29, 0.717) is 5.02 Å². The molecule has 2 rings (SSSR count). The quantitative estimate of drug-likeness (QED) is 0.784. The first-order chi connectivity index (χ1) is 6.18. The first kappa shape index (κ1) is 8.85. The van der Waals surface area contributed by atoms with Gasteiger partial charge in [-0.25, -0.2) is 0 Å². The standard InChI is InChI=1S/C10H12ClNO/c1-10(6-12-7-10)13-9-4-2-3-8(11)5-9/h2-5,12H,6-7H2,1H3. The van der Waals surface area contributed by atoms with Gasteiger partial charge in [-0.15, -0.1) is 0 Å². The second-order valence-corrected chi connectivity index (χ2v) is 4.05. The monoisotopic (exact) mass is 197 g/mol. The van der Waals surface area contributed by atoms with E-state index >= 15 is 0 Å². The minimum atomic E-state index is -0.0509. The zero-order valence-corrected chi connectivity index (χ0v) is 8.27. The van der Waals surface area contributed by atoms with Crippen LogP contribution in [0.4, 0.5) is 0 Å². The van der Waals surface area contributed by atoms with Crippen LogP contribution in [-0.2, 0) is 0 Å². The van der Waals surface area contributed by atoms with Gasteiger partial charge in [0, 0.05) is 18.1 Å². The molecule has 1 aliphatic rings. The first-order valence-corrected chi connectivity index (χ1v) is 4.71. The van der Waals surface area contributed by atoms with Crippen molar-refractivity contribution in [3.05, 3.63) is 29.3 Å². The lowest BCUT2D eigenvalue weighted by Gasteiger charge is -2.39. The molecule has 0 aliphatic carbocycles. The van der Waals surface area contributed by atoms with Crippen LogP contribution in [0.3, 0.4) is 0 Å². The van der Waals surface area contributed by atoms with Crippen molar-refractivity contribution in [2.24, 2.45) is 0 Å². The maximum Gasteiger partial charge on any atom is 0.131 e. The van der Waals surface area contributed by atoms with Crippen LogP contribution >= 0.6 is 11.6 Å². The number of nitrogens with one attached hydrogen (secondary N) is 1. The molecule has 0 saturated carbocycles. The van der Waals surface area contributed by atoms with E-state index in [4.69, 9.17) is 16.3 Å². The maximum atomic E-state index is 5.84. The molecule has 1 aromatic rings. The summed E-state index contributed by atoms with van der Waals surface area (Å²) in [6.07, 6.45) is 0. The van der Waals surface area contributed by atoms with Crippen LogP contribution in [0.2, 0.25) is 5.02 Å². The molecule has 0 aromatic heterocycles. The Balaban J connectivity index is 2.09. The lowest BCUT2D eigenvalue weighted by atomic mass is 10.00. The third-order valence-electron chi connectivity index (χ3n) is 2.16. The third kappa shape index (κ3) is 1.95. The Morgan fingerprint density at radius 2 is 2.23 bits per heavy atom. The van der Waals surface area contributed by atoms with Crippen LogP contribution in [0.15, 0.2) is 24.3 Å². The fourth-order valence-electron chi connectivity index (χ4n) is 1.36. The Labute approximate surface area is 82.9 Å². The SMILES string of the molecule is CC1(Oc2cccc(Cl)c2)CNC1. The molecule has 0 atom stereocenters. The van der Waals surface area contributed by atoms with Crippen molar-refractivity contribution in [1.82, 2.24) is 5.32 Å². The number of ether oxygens (including phenoxy) is 1. The fourth-order valence-corrected chi connectivity index (χ4v) is 1.54. The highest BCUT2D eigenvalue weighted by Crippen LogP contribution is 2.23. The second kappa shape index (κ2) is 3.20. The van der Waals surface area contributed by atoms with Gasteiger partial charge < -0.3 is 10.1 Å². The number of halogens is 1. The molecule has 0 unspecified atom stereocenters. The van der Waals surface area contributed by atoms with Gasteiger partial charge >= 0.3 is 0 Å². The zero-order valence-electron chi connectivity index (χ0n) is 7.51. The summed E-state index contributed by atoms with van der Waals surface area (Å²) in [5, 5.41) is 3.89. The number of rotatable bonds is 2. The van der Waals surface area contributed by atoms with E-state index in [0.717, 1.165) is 18.8 Å². The van der Waals surface area contributed by atoms with Crippen molar-refractivity contribution in [3.63, 3.8) is 0 Å². The van der Waals surface area contributed by atoms with Crippen LogP contribution in [0.25, 0.3) is 0 Å². The van der Waals surface area contributed by atoms with Gasteiger partial charge in [0.05, 0.1) is 0 Å². The first-order valence-electron chi connectivity index (χ1n) is 4.33. The van der Waals surface area contributed by atoms with E-state index in [2.05, 4.69) is 12.2 Å². The molecule has 1 aliphatic heterocycles. The molecular weight excluding hydrogens is 186 g/mol. The minimum Gasteiger partial charge on any atom is -0.485 e. The van der Waals surface area contributed by atoms with Gasteiger partial charge in [0.15, 0.2) is 0 Å². The smallest absolute Gasteiger partial charge is 0.131 e. The summed E-state index contributed by atoms with van der Waals surface area (Å²) in [7, 11) is 0. The molecule has 1 aromatic carbocycles. The lowest BCUT2D eigenvalue weighted by Crippen LogP contribution is -2.60. The highest BCUT2D eigenvalue weighted by Gasteiger charge is 2.33. The third-order valence-corrected chi connectivity index (χ3v) is 2.39. The average Bonchev–Trinajstić information content (AvgIpc) is 2.01. The van der Waals surface area contributed by atoms with Crippen LogP contribution in [-0.4, -0.2) is 18.7 Å². The van der Waals surface area contributed by atoms with E-state index in [1.54, 1.807) is 0 Å². The highest BCUT2D eigenvalue weighted by atomic mass is 35.5. The molecular formula is C10H12ClNO. The van der Waals surface area contributed by atoms with Gasteiger partial charge in [-0.2, -0.15) is 0 Å². The van der Waals surface area contributed by atoms with Crippen molar-refractivity contribution in [2.75, 3.05) is 13.1 Å². The van der Waals surface area contributed by atoms with Gasteiger partial charge in [0.2, 0.25) is 0 Å². The summed E-state index contributed by atoms with van der Waals surface area (Å²) < 4.78 is 5.77. The molecule has 0 amide bonds. The molecule has 0 spiro atoms. The predicted molar refractivity (Wildman–Crippen MR) is 53.4 cm³/mol. The Hall–Kier alpha value is -0.730. The van der Waals surface area contributed by atoms with Crippen molar-refractivity contribution in [1.29, 1.82) is 0 Å². The lowest BCUT2D eigenvalue weighted by molar-refractivity contribution is 0.0349. The van der Waals surface area contributed by atoms with Gasteiger partial charge in [-0.05, 0) is 25.1 Å². The van der Waals surface area contributed by atoms with Crippen molar-refractivity contribution < 1.29 is 4.74 Å². The van der Waals surface area contributed by atoms with Crippen molar-refractivity contribution in [3.8, 4) is 5.75 Å². The van der Waals surface area contributed by atoms with Gasteiger partial charge in [-0.3, -0.25) is 0 Å². The van der Waals surface area contributed by atoms with Crippen LogP contribution in [0.1, 0.15) is 6.92 Å². The largest absolute Gasteiger partial charge is 0.485 e. The molecule has 13 heavy (non-hydrogen) atoms. The molecule has 1 N–H and O–H groups in total. The predicted octanol–water partition coefficient (Wildman–Crippen LogP) is 2.08. The Kier molecular flexibility index (Phi) is 2.18. The highest BCUT2D eigenvalue weighted by molar-refractivity contribution is 6.30. The van der Waals surface area contributed by atoms with Crippen molar-refractivity contribution in [2.45, 2.75) is 12.5 Å². The Morgan fingerprint density at radius 1 is 1.46 bits per heavy atom. The molecule has 2 nitrogen and oxygen atoms in total. The van der Waals surface area contributed by atoms with Crippen LogP contribution < -0.4 is 10.1 Å². The van der Waals surface area contributed by atoms with Crippen LogP contribution in [0.5, 0.6) is 5.75 Å². The molecule has 1 heterocycles. The second-order valence-electron chi connectivity index (χ2n) is 3.61. The van der Waals surface area contributed by atoms with E-state index in [9.17, 15) is 0 Å². The number of benzene rings is 1. The van der Waals surface area contributed by atoms with E-state index in [-0.39, 0.29) is 5.60 Å². The summed E-state index contributed by atoms with van der Waals surface area (Å²) in [5.41, 5.74) is -0.0509. The van der Waals surface area contributed by atoms with Crippen molar-refractivity contribution >= 4 is 11.6 Å². The molecule has 0 radical (unpaired) electrons. The maximum absolute atomic E-state index is 5.84. The van der Waals surface area contributed by atoms with E-state index in [1.807, 2.05) is 24.3 Å². The van der Waals surface area contributed by atoms with E-state index in [1.165, 1.54) is 0 Å². The fraction of sp³-hybridized carbons (Fsp3) is 0.400. The van der Waals surface area contributed by atoms with Gasteiger partial charge in [0.1, 0.15) is 11.4 Å². The number of hydrogen-bond donors (Lipinski definition) is 1. The van der Waals surface area contributed by atoms with Gasteiger partial charge in [0.25, 0.3) is 0 Å². The van der Waals surface area contributed by atoms with E-state index < -0.39 is 0 Å². The summed E-state index contributed by atoms with van der Waals surface area (Å²) in [6, 6.07) is 7.50. The normalized spacial score (nSPS) is 19.2. The Bertz CT molecular complexity index is 310. The zero-order chi connectivity index (χ0) is 9.31. The number of hydrogen-bond acceptors (Lipinski definition) is 2. The average molecular weight is 198 g/mol. The summed E-state index contributed by atoms with van der Waals surface area (Å²) in [4.78, 5) is 0. The summed E-state index contributed by atoms with van der Waals surface area (Å²) >= 11 is 5.84. The van der Waals surface area contributed by atoms with Gasteiger partial charge in [-0.1, -0.05) is 17.7 Å². The van der Waals surface area contributed by atoms with Crippen LogP contribution in [0, 0.1) is 0 Å². The summed E-state index contributed by atoms with van der Waals surface area (Å²) in [5.74, 6) is 0.844. The Morgan fingerprint density at radius 3 is 2.77 bits per heavy atom. The summed E-state index contributed by atoms with van der Waals surface area (Å²) in [6.45, 7) is 3.89. The molecule has 3 heteroatoms. The molecule has 1 fully saturated rings. The molecule has 0 bridgehead atoms. The topological polar surface area (TPSA) is 21.3 Å².